The van der Waals surface area contributed by atoms with Crippen molar-refractivity contribution in [2.45, 2.75) is 13.8 Å². The fourth-order valence-corrected chi connectivity index (χ4v) is 2.48. The summed E-state index contributed by atoms with van der Waals surface area (Å²) in [6, 6.07) is 12.8. The molecule has 0 fully saturated rings. The first-order valence-electron chi connectivity index (χ1n) is 7.02. The number of carbonyl (C=O) groups is 1. The Morgan fingerprint density at radius 2 is 1.91 bits per heavy atom. The summed E-state index contributed by atoms with van der Waals surface area (Å²) in [6.45, 7) is 3.95. The zero-order chi connectivity index (χ0) is 16.4. The SMILES string of the molecule is Cc1ccc(C)c(-c2nonc2NC(=O)c2ccccc2Cl)c1. The summed E-state index contributed by atoms with van der Waals surface area (Å²) in [7, 11) is 0. The molecule has 6 heteroatoms. The van der Waals surface area contributed by atoms with Gasteiger partial charge < -0.3 is 5.32 Å². The molecule has 0 bridgehead atoms. The summed E-state index contributed by atoms with van der Waals surface area (Å²) in [4.78, 5) is 12.4. The number of nitrogens with one attached hydrogen (secondary N) is 1. The number of aryl methyl sites for hydroxylation is 2. The van der Waals surface area contributed by atoms with E-state index in [1.54, 1.807) is 24.3 Å². The van der Waals surface area contributed by atoms with E-state index in [-0.39, 0.29) is 11.7 Å². The first kappa shape index (κ1) is 15.2. The van der Waals surface area contributed by atoms with Gasteiger partial charge in [-0.1, -0.05) is 41.4 Å². The van der Waals surface area contributed by atoms with Crippen molar-refractivity contribution in [3.8, 4) is 11.3 Å². The molecule has 23 heavy (non-hydrogen) atoms. The number of nitrogens with zero attached hydrogens (tertiary/aromatic N) is 2. The number of carbonyl (C=O) groups excluding carboxylic acids is 1. The average molecular weight is 328 g/mol. The molecule has 0 aliphatic carbocycles. The van der Waals surface area contributed by atoms with Crippen LogP contribution in [0.1, 0.15) is 21.5 Å². The van der Waals surface area contributed by atoms with E-state index in [2.05, 4.69) is 15.6 Å². The monoisotopic (exact) mass is 327 g/mol. The summed E-state index contributed by atoms with van der Waals surface area (Å²) >= 11 is 6.04. The van der Waals surface area contributed by atoms with Crippen LogP contribution in [-0.4, -0.2) is 16.2 Å². The van der Waals surface area contributed by atoms with Gasteiger partial charge in [0.15, 0.2) is 5.69 Å². The first-order valence-corrected chi connectivity index (χ1v) is 7.40. The third-order valence-corrected chi connectivity index (χ3v) is 3.82. The van der Waals surface area contributed by atoms with Crippen molar-refractivity contribution in [2.24, 2.45) is 0 Å². The lowest BCUT2D eigenvalue weighted by molar-refractivity contribution is 0.102. The van der Waals surface area contributed by atoms with Crippen LogP contribution < -0.4 is 5.32 Å². The molecule has 5 nitrogen and oxygen atoms in total. The van der Waals surface area contributed by atoms with Gasteiger partial charge in [-0.05, 0) is 47.9 Å². The van der Waals surface area contributed by atoms with Crippen molar-refractivity contribution in [1.29, 1.82) is 0 Å². The Bertz CT molecular complexity index is 874. The lowest BCUT2D eigenvalue weighted by Crippen LogP contribution is -2.13. The Labute approximate surface area is 138 Å². The van der Waals surface area contributed by atoms with E-state index in [1.165, 1.54) is 0 Å². The molecule has 0 aliphatic rings. The highest BCUT2D eigenvalue weighted by Crippen LogP contribution is 2.29. The topological polar surface area (TPSA) is 68.0 Å². The summed E-state index contributed by atoms with van der Waals surface area (Å²) < 4.78 is 4.81. The second kappa shape index (κ2) is 6.22. The quantitative estimate of drug-likeness (QED) is 0.780. The van der Waals surface area contributed by atoms with Crippen molar-refractivity contribution in [2.75, 3.05) is 5.32 Å². The molecular weight excluding hydrogens is 314 g/mol. The van der Waals surface area contributed by atoms with Crippen LogP contribution in [0.15, 0.2) is 47.1 Å². The predicted octanol–water partition coefficient (Wildman–Crippen LogP) is 4.26. The van der Waals surface area contributed by atoms with Gasteiger partial charge in [0.1, 0.15) is 0 Å². The molecule has 1 aromatic heterocycles. The van der Waals surface area contributed by atoms with Crippen LogP contribution in [0, 0.1) is 13.8 Å². The summed E-state index contributed by atoms with van der Waals surface area (Å²) in [5.74, 6) is -0.0959. The second-order valence-electron chi connectivity index (χ2n) is 5.21. The van der Waals surface area contributed by atoms with Crippen molar-refractivity contribution in [1.82, 2.24) is 10.3 Å². The number of benzene rings is 2. The number of halogens is 1. The Kier molecular flexibility index (Phi) is 4.12. The lowest BCUT2D eigenvalue weighted by atomic mass is 10.0. The van der Waals surface area contributed by atoms with Gasteiger partial charge in [-0.25, -0.2) is 4.63 Å². The summed E-state index contributed by atoms with van der Waals surface area (Å²) in [5.41, 5.74) is 3.81. The number of rotatable bonds is 3. The molecule has 3 aromatic rings. The molecular formula is C17H14ClN3O2. The molecule has 0 saturated carbocycles. The molecule has 1 N–H and O–H groups in total. The van der Waals surface area contributed by atoms with Crippen LogP contribution in [0.2, 0.25) is 5.02 Å². The fourth-order valence-electron chi connectivity index (χ4n) is 2.26. The van der Waals surface area contributed by atoms with Crippen molar-refractivity contribution in [3.63, 3.8) is 0 Å². The standard InChI is InChI=1S/C17H14ClN3O2/c1-10-7-8-11(2)13(9-10)15-16(21-23-20-15)19-17(22)12-5-3-4-6-14(12)18/h3-9H,1-2H3,(H,19,21,22). The molecule has 0 saturated heterocycles. The number of hydrogen-bond donors (Lipinski definition) is 1. The van der Waals surface area contributed by atoms with Crippen LogP contribution in [0.4, 0.5) is 5.82 Å². The maximum absolute atomic E-state index is 12.4. The van der Waals surface area contributed by atoms with E-state index < -0.39 is 0 Å². The molecule has 0 radical (unpaired) electrons. The maximum atomic E-state index is 12.4. The van der Waals surface area contributed by atoms with E-state index >= 15 is 0 Å². The van der Waals surface area contributed by atoms with Gasteiger partial charge >= 0.3 is 0 Å². The number of anilines is 1. The molecule has 0 unspecified atom stereocenters. The van der Waals surface area contributed by atoms with Crippen molar-refractivity contribution >= 4 is 23.3 Å². The van der Waals surface area contributed by atoms with E-state index in [4.69, 9.17) is 16.2 Å². The minimum Gasteiger partial charge on any atom is -0.302 e. The van der Waals surface area contributed by atoms with E-state index in [9.17, 15) is 4.79 Å². The normalized spacial score (nSPS) is 10.6. The molecule has 1 heterocycles. The third-order valence-electron chi connectivity index (χ3n) is 3.49. The molecule has 0 atom stereocenters. The Balaban J connectivity index is 1.94. The maximum Gasteiger partial charge on any atom is 0.258 e. The minimum atomic E-state index is -0.363. The predicted molar refractivity (Wildman–Crippen MR) is 88.6 cm³/mol. The van der Waals surface area contributed by atoms with E-state index in [1.807, 2.05) is 32.0 Å². The summed E-state index contributed by atoms with van der Waals surface area (Å²) in [5, 5.41) is 10.8. The Morgan fingerprint density at radius 1 is 1.13 bits per heavy atom. The zero-order valence-corrected chi connectivity index (χ0v) is 13.4. The third kappa shape index (κ3) is 3.10. The second-order valence-corrected chi connectivity index (χ2v) is 5.62. The van der Waals surface area contributed by atoms with Crippen LogP contribution in [0.25, 0.3) is 11.3 Å². The molecule has 0 aliphatic heterocycles. The van der Waals surface area contributed by atoms with E-state index in [0.29, 0.717) is 16.3 Å². The molecule has 116 valence electrons. The molecule has 0 spiro atoms. The highest BCUT2D eigenvalue weighted by atomic mass is 35.5. The molecule has 1 amide bonds. The number of hydrogen-bond acceptors (Lipinski definition) is 4. The number of aromatic nitrogens is 2. The van der Waals surface area contributed by atoms with Gasteiger partial charge in [-0.3, -0.25) is 4.79 Å². The van der Waals surface area contributed by atoms with Gasteiger partial charge in [0.05, 0.1) is 10.6 Å². The highest BCUT2D eigenvalue weighted by molar-refractivity contribution is 6.34. The smallest absolute Gasteiger partial charge is 0.258 e. The van der Waals surface area contributed by atoms with Gasteiger partial charge in [-0.15, -0.1) is 0 Å². The van der Waals surface area contributed by atoms with Crippen LogP contribution in [0.3, 0.4) is 0 Å². The Hall–Kier alpha value is -2.66. The van der Waals surface area contributed by atoms with Crippen LogP contribution in [0.5, 0.6) is 0 Å². The van der Waals surface area contributed by atoms with Gasteiger partial charge in [0.2, 0.25) is 5.82 Å². The largest absolute Gasteiger partial charge is 0.302 e. The average Bonchev–Trinajstić information content (AvgIpc) is 2.98. The van der Waals surface area contributed by atoms with Crippen molar-refractivity contribution < 1.29 is 9.42 Å². The zero-order valence-electron chi connectivity index (χ0n) is 12.6. The van der Waals surface area contributed by atoms with Crippen LogP contribution >= 0.6 is 11.6 Å². The van der Waals surface area contributed by atoms with Crippen LogP contribution in [-0.2, 0) is 0 Å². The van der Waals surface area contributed by atoms with Crippen molar-refractivity contribution in [3.05, 3.63) is 64.2 Å². The molecule has 3 rings (SSSR count). The Morgan fingerprint density at radius 3 is 2.70 bits per heavy atom. The van der Waals surface area contributed by atoms with E-state index in [0.717, 1.165) is 16.7 Å². The fraction of sp³-hybridized carbons (Fsp3) is 0.118. The number of amides is 1. The van der Waals surface area contributed by atoms with Gasteiger partial charge in [-0.2, -0.15) is 0 Å². The van der Waals surface area contributed by atoms with Gasteiger partial charge in [0.25, 0.3) is 5.91 Å². The lowest BCUT2D eigenvalue weighted by Gasteiger charge is -2.07. The summed E-state index contributed by atoms with van der Waals surface area (Å²) in [6.07, 6.45) is 0. The highest BCUT2D eigenvalue weighted by Gasteiger charge is 2.18. The first-order chi connectivity index (χ1) is 11.1. The minimum absolute atomic E-state index is 0.267. The molecule has 2 aromatic carbocycles. The van der Waals surface area contributed by atoms with Gasteiger partial charge in [0, 0.05) is 5.56 Å².